The van der Waals surface area contributed by atoms with Gasteiger partial charge in [0.2, 0.25) is 0 Å². The van der Waals surface area contributed by atoms with Crippen molar-refractivity contribution in [2.24, 2.45) is 15.2 Å². The van der Waals surface area contributed by atoms with Crippen molar-refractivity contribution in [3.8, 4) is 5.75 Å². The van der Waals surface area contributed by atoms with E-state index in [4.69, 9.17) is 4.74 Å². The Morgan fingerprint density at radius 1 is 0.625 bits per heavy atom. The highest BCUT2D eigenvalue weighted by Gasteiger charge is 1.96. The van der Waals surface area contributed by atoms with Gasteiger partial charge in [0.1, 0.15) is 5.75 Å². The molecule has 32 heavy (non-hydrogen) atoms. The van der Waals surface area contributed by atoms with E-state index in [0.717, 1.165) is 41.4 Å². The van der Waals surface area contributed by atoms with Crippen LogP contribution in [0.1, 0.15) is 57.4 Å². The van der Waals surface area contributed by atoms with E-state index in [-0.39, 0.29) is 0 Å². The molecule has 0 bridgehead atoms. The van der Waals surface area contributed by atoms with Gasteiger partial charge in [0.25, 0.3) is 0 Å². The maximum absolute atomic E-state index is 5.86. The molecular formula is C28H33N3O. The summed E-state index contributed by atoms with van der Waals surface area (Å²) in [4.78, 5) is 4.54. The molecule has 4 heteroatoms. The van der Waals surface area contributed by atoms with Crippen LogP contribution in [0.4, 0.5) is 17.1 Å². The lowest BCUT2D eigenvalue weighted by atomic mass is 10.1. The summed E-state index contributed by atoms with van der Waals surface area (Å²) in [5, 5.41) is 8.49. The Hall–Kier alpha value is -3.27. The van der Waals surface area contributed by atoms with Crippen LogP contribution in [-0.4, -0.2) is 12.8 Å². The lowest BCUT2D eigenvalue weighted by Crippen LogP contribution is -1.97. The molecule has 0 fully saturated rings. The number of hydrogen-bond donors (Lipinski definition) is 0. The Balaban J connectivity index is 1.40. The van der Waals surface area contributed by atoms with Crippen LogP contribution in [0.25, 0.3) is 0 Å². The van der Waals surface area contributed by atoms with E-state index < -0.39 is 0 Å². The molecule has 0 amide bonds. The van der Waals surface area contributed by atoms with E-state index >= 15 is 0 Å². The van der Waals surface area contributed by atoms with E-state index in [1.165, 1.54) is 38.5 Å². The first-order valence-corrected chi connectivity index (χ1v) is 11.7. The van der Waals surface area contributed by atoms with Crippen molar-refractivity contribution >= 4 is 23.3 Å². The third kappa shape index (κ3) is 8.84. The van der Waals surface area contributed by atoms with Crippen molar-refractivity contribution in [2.75, 3.05) is 6.61 Å². The zero-order valence-electron chi connectivity index (χ0n) is 19.0. The van der Waals surface area contributed by atoms with Crippen LogP contribution in [0.2, 0.25) is 0 Å². The van der Waals surface area contributed by atoms with E-state index in [1.807, 2.05) is 85.1 Å². The van der Waals surface area contributed by atoms with Gasteiger partial charge in [-0.2, -0.15) is 10.2 Å². The molecule has 3 aromatic carbocycles. The predicted molar refractivity (Wildman–Crippen MR) is 134 cm³/mol. The summed E-state index contributed by atoms with van der Waals surface area (Å²) in [5.74, 6) is 0.918. The van der Waals surface area contributed by atoms with Gasteiger partial charge in [-0.05, 0) is 72.6 Å². The third-order valence-corrected chi connectivity index (χ3v) is 5.15. The molecule has 0 radical (unpaired) electrons. The van der Waals surface area contributed by atoms with Crippen molar-refractivity contribution < 1.29 is 4.74 Å². The van der Waals surface area contributed by atoms with Gasteiger partial charge >= 0.3 is 0 Å². The van der Waals surface area contributed by atoms with Gasteiger partial charge in [-0.25, -0.2) is 0 Å². The van der Waals surface area contributed by atoms with Gasteiger partial charge in [0.15, 0.2) is 0 Å². The topological polar surface area (TPSA) is 46.3 Å². The summed E-state index contributed by atoms with van der Waals surface area (Å²) >= 11 is 0. The molecule has 0 saturated carbocycles. The number of nitrogens with zero attached hydrogens (tertiary/aromatic N) is 3. The molecule has 0 saturated heterocycles. The molecule has 0 aliphatic rings. The zero-order valence-corrected chi connectivity index (χ0v) is 19.0. The van der Waals surface area contributed by atoms with Crippen LogP contribution < -0.4 is 4.74 Å². The lowest BCUT2D eigenvalue weighted by molar-refractivity contribution is 0.304. The minimum atomic E-state index is 0.787. The second-order valence-corrected chi connectivity index (χ2v) is 7.85. The second-order valence-electron chi connectivity index (χ2n) is 7.85. The van der Waals surface area contributed by atoms with Gasteiger partial charge < -0.3 is 4.74 Å². The summed E-state index contributed by atoms with van der Waals surface area (Å²) in [6.45, 7) is 3.04. The SMILES string of the molecule is CCCCCCCCCOc1ccc(C=Nc2ccc(N=Nc3ccccc3)cc2)cc1. The molecule has 0 N–H and O–H groups in total. The zero-order chi connectivity index (χ0) is 22.3. The Bertz CT molecular complexity index is 948. The second kappa shape index (κ2) is 13.9. The molecule has 0 aliphatic heterocycles. The Kier molecular flexibility index (Phi) is 10.2. The van der Waals surface area contributed by atoms with Gasteiger partial charge in [0.05, 0.1) is 23.7 Å². The number of unbranched alkanes of at least 4 members (excludes halogenated alkanes) is 6. The molecule has 3 rings (SSSR count). The van der Waals surface area contributed by atoms with Gasteiger partial charge in [-0.1, -0.05) is 63.6 Å². The highest BCUT2D eigenvalue weighted by molar-refractivity contribution is 5.82. The molecule has 0 heterocycles. The highest BCUT2D eigenvalue weighted by atomic mass is 16.5. The molecule has 0 spiro atoms. The molecule has 0 aliphatic carbocycles. The standard InChI is InChI=1S/C28H33N3O/c1-2-3-4-5-6-7-11-22-32-28-20-14-24(15-21-28)23-29-25-16-18-27(19-17-25)31-30-26-12-9-8-10-13-26/h8-10,12-21,23H,2-7,11,22H2,1H3. The molecule has 166 valence electrons. The Morgan fingerprint density at radius 2 is 1.22 bits per heavy atom. The fraction of sp³-hybridized carbons (Fsp3) is 0.321. The van der Waals surface area contributed by atoms with Crippen LogP contribution in [0.5, 0.6) is 5.75 Å². The number of benzene rings is 3. The minimum absolute atomic E-state index is 0.787. The summed E-state index contributed by atoms with van der Waals surface area (Å²) < 4.78 is 5.86. The average molecular weight is 428 g/mol. The van der Waals surface area contributed by atoms with Crippen molar-refractivity contribution in [3.05, 3.63) is 84.4 Å². The third-order valence-electron chi connectivity index (χ3n) is 5.15. The lowest BCUT2D eigenvalue weighted by Gasteiger charge is -2.06. The van der Waals surface area contributed by atoms with Crippen LogP contribution in [-0.2, 0) is 0 Å². The quantitative estimate of drug-likeness (QED) is 0.152. The maximum atomic E-state index is 5.86. The Labute approximate surface area is 192 Å². The number of rotatable bonds is 13. The van der Waals surface area contributed by atoms with Crippen LogP contribution >= 0.6 is 0 Å². The number of ether oxygens (including phenoxy) is 1. The normalized spacial score (nSPS) is 11.4. The molecule has 4 nitrogen and oxygen atoms in total. The van der Waals surface area contributed by atoms with E-state index in [2.05, 4.69) is 22.1 Å². The Morgan fingerprint density at radius 3 is 1.91 bits per heavy atom. The first-order valence-electron chi connectivity index (χ1n) is 11.7. The van der Waals surface area contributed by atoms with Crippen LogP contribution in [0.15, 0.2) is 94.1 Å². The smallest absolute Gasteiger partial charge is 0.119 e. The number of hydrogen-bond acceptors (Lipinski definition) is 4. The molecular weight excluding hydrogens is 394 g/mol. The summed E-state index contributed by atoms with van der Waals surface area (Å²) in [5.41, 5.74) is 3.56. The van der Waals surface area contributed by atoms with Crippen molar-refractivity contribution in [3.63, 3.8) is 0 Å². The fourth-order valence-electron chi connectivity index (χ4n) is 3.26. The monoisotopic (exact) mass is 427 g/mol. The highest BCUT2D eigenvalue weighted by Crippen LogP contribution is 2.21. The van der Waals surface area contributed by atoms with Gasteiger partial charge in [0, 0.05) is 6.21 Å². The largest absolute Gasteiger partial charge is 0.494 e. The molecule has 0 aromatic heterocycles. The van der Waals surface area contributed by atoms with E-state index in [0.29, 0.717) is 0 Å². The van der Waals surface area contributed by atoms with Crippen LogP contribution in [0.3, 0.4) is 0 Å². The predicted octanol–water partition coefficient (Wildman–Crippen LogP) is 8.98. The number of aliphatic imine (C=N–C) groups is 1. The van der Waals surface area contributed by atoms with Crippen molar-refractivity contribution in [1.29, 1.82) is 0 Å². The molecule has 3 aromatic rings. The minimum Gasteiger partial charge on any atom is -0.494 e. The van der Waals surface area contributed by atoms with Crippen molar-refractivity contribution in [2.45, 2.75) is 51.9 Å². The summed E-state index contributed by atoms with van der Waals surface area (Å²) in [6, 6.07) is 25.5. The van der Waals surface area contributed by atoms with Gasteiger partial charge in [-0.15, -0.1) is 0 Å². The first-order chi connectivity index (χ1) is 15.8. The van der Waals surface area contributed by atoms with E-state index in [1.54, 1.807) is 0 Å². The van der Waals surface area contributed by atoms with Crippen molar-refractivity contribution in [1.82, 2.24) is 0 Å². The maximum Gasteiger partial charge on any atom is 0.119 e. The number of azo groups is 1. The van der Waals surface area contributed by atoms with E-state index in [9.17, 15) is 0 Å². The average Bonchev–Trinajstić information content (AvgIpc) is 2.85. The summed E-state index contributed by atoms with van der Waals surface area (Å²) in [7, 11) is 0. The van der Waals surface area contributed by atoms with Crippen LogP contribution in [0, 0.1) is 0 Å². The molecule has 0 unspecified atom stereocenters. The summed E-state index contributed by atoms with van der Waals surface area (Å²) in [6.07, 6.45) is 10.9. The molecule has 0 atom stereocenters. The first kappa shape index (κ1) is 23.4. The van der Waals surface area contributed by atoms with Gasteiger partial charge in [-0.3, -0.25) is 4.99 Å². The fourth-order valence-corrected chi connectivity index (χ4v) is 3.26.